The van der Waals surface area contributed by atoms with Crippen molar-refractivity contribution in [2.75, 3.05) is 0 Å². The molecule has 0 aromatic carbocycles. The second-order valence-electron chi connectivity index (χ2n) is 1.99. The lowest BCUT2D eigenvalue weighted by atomic mass is 10.5. The summed E-state index contributed by atoms with van der Waals surface area (Å²) in [5, 5.41) is 4.28. The fraction of sp³-hybridized carbons (Fsp3) is 0. The zero-order chi connectivity index (χ0) is 9.35. The van der Waals surface area contributed by atoms with Gasteiger partial charge in [0.05, 0.1) is 0 Å². The molecule has 0 aliphatic rings. The van der Waals surface area contributed by atoms with Crippen LogP contribution in [0.3, 0.4) is 0 Å². The SMILES string of the molecule is NS(=O)(=O)c1cc(I)cc(F)n1. The Hall–Kier alpha value is -0.280. The van der Waals surface area contributed by atoms with E-state index in [2.05, 4.69) is 4.98 Å². The molecule has 1 aromatic heterocycles. The van der Waals surface area contributed by atoms with Gasteiger partial charge < -0.3 is 0 Å². The average molecular weight is 302 g/mol. The Morgan fingerprint density at radius 1 is 1.50 bits per heavy atom. The average Bonchev–Trinajstić information content (AvgIpc) is 1.82. The van der Waals surface area contributed by atoms with Crippen LogP contribution in [-0.4, -0.2) is 13.4 Å². The highest BCUT2D eigenvalue weighted by Gasteiger charge is 2.11. The van der Waals surface area contributed by atoms with Crippen LogP contribution in [0.4, 0.5) is 4.39 Å². The predicted molar refractivity (Wildman–Crippen MR) is 48.3 cm³/mol. The molecule has 1 aromatic rings. The largest absolute Gasteiger partial charge is 0.255 e. The highest BCUT2D eigenvalue weighted by molar-refractivity contribution is 14.1. The molecule has 0 aliphatic heterocycles. The maximum absolute atomic E-state index is 12.5. The molecule has 0 radical (unpaired) electrons. The van der Waals surface area contributed by atoms with E-state index in [1.165, 1.54) is 6.07 Å². The van der Waals surface area contributed by atoms with Gasteiger partial charge in [0.2, 0.25) is 5.95 Å². The topological polar surface area (TPSA) is 73.1 Å². The lowest BCUT2D eigenvalue weighted by molar-refractivity contribution is 0.556. The van der Waals surface area contributed by atoms with E-state index >= 15 is 0 Å². The fourth-order valence-corrected chi connectivity index (χ4v) is 1.86. The molecule has 0 bridgehead atoms. The first-order valence-electron chi connectivity index (χ1n) is 2.75. The molecule has 0 spiro atoms. The number of hydrogen-bond acceptors (Lipinski definition) is 3. The highest BCUT2D eigenvalue weighted by Crippen LogP contribution is 2.10. The van der Waals surface area contributed by atoms with Gasteiger partial charge >= 0.3 is 0 Å². The van der Waals surface area contributed by atoms with Gasteiger partial charge in [-0.15, -0.1) is 0 Å². The molecular formula is C5H4FIN2O2S. The molecule has 7 heteroatoms. The molecule has 0 saturated heterocycles. The molecule has 2 N–H and O–H groups in total. The summed E-state index contributed by atoms with van der Waals surface area (Å²) >= 11 is 1.77. The van der Waals surface area contributed by atoms with Crippen LogP contribution in [0, 0.1) is 9.52 Å². The number of rotatable bonds is 1. The third-order valence-corrected chi connectivity index (χ3v) is 2.44. The summed E-state index contributed by atoms with van der Waals surface area (Å²) in [5.41, 5.74) is 0. The van der Waals surface area contributed by atoms with E-state index in [9.17, 15) is 12.8 Å². The number of primary sulfonamides is 1. The van der Waals surface area contributed by atoms with E-state index in [4.69, 9.17) is 5.14 Å². The Balaban J connectivity index is 3.37. The molecule has 4 nitrogen and oxygen atoms in total. The van der Waals surface area contributed by atoms with Crippen molar-refractivity contribution in [2.24, 2.45) is 5.14 Å². The number of aromatic nitrogens is 1. The Morgan fingerprint density at radius 3 is 2.50 bits per heavy atom. The summed E-state index contributed by atoms with van der Waals surface area (Å²) in [7, 11) is -3.90. The predicted octanol–water partition coefficient (Wildman–Crippen LogP) is 0.473. The molecule has 0 unspecified atom stereocenters. The first-order chi connectivity index (χ1) is 5.39. The van der Waals surface area contributed by atoms with E-state index in [1.54, 1.807) is 22.6 Å². The van der Waals surface area contributed by atoms with E-state index in [-0.39, 0.29) is 0 Å². The van der Waals surface area contributed by atoms with Gasteiger partial charge in [-0.1, -0.05) is 0 Å². The number of hydrogen-bond donors (Lipinski definition) is 1. The molecule has 12 heavy (non-hydrogen) atoms. The molecular weight excluding hydrogens is 298 g/mol. The number of nitrogens with zero attached hydrogens (tertiary/aromatic N) is 1. The Morgan fingerprint density at radius 2 is 2.08 bits per heavy atom. The first-order valence-corrected chi connectivity index (χ1v) is 5.38. The number of nitrogens with two attached hydrogens (primary N) is 1. The minimum atomic E-state index is -3.90. The molecule has 0 aliphatic carbocycles. The zero-order valence-electron chi connectivity index (χ0n) is 5.66. The minimum Gasteiger partial charge on any atom is -0.223 e. The monoisotopic (exact) mass is 302 g/mol. The smallest absolute Gasteiger partial charge is 0.223 e. The summed E-state index contributed by atoms with van der Waals surface area (Å²) < 4.78 is 34.3. The van der Waals surface area contributed by atoms with Gasteiger partial charge in [0.15, 0.2) is 5.03 Å². The van der Waals surface area contributed by atoms with E-state index in [1.807, 2.05) is 0 Å². The Bertz CT molecular complexity index is 386. The van der Waals surface area contributed by atoms with Gasteiger partial charge in [-0.2, -0.15) is 4.39 Å². The summed E-state index contributed by atoms with van der Waals surface area (Å²) in [6.07, 6.45) is 0. The van der Waals surface area contributed by atoms with Crippen molar-refractivity contribution in [2.45, 2.75) is 5.03 Å². The highest BCUT2D eigenvalue weighted by atomic mass is 127. The van der Waals surface area contributed by atoms with Crippen molar-refractivity contribution in [3.63, 3.8) is 0 Å². The quantitative estimate of drug-likeness (QED) is 0.605. The van der Waals surface area contributed by atoms with Crippen molar-refractivity contribution in [1.82, 2.24) is 4.98 Å². The lowest BCUT2D eigenvalue weighted by Crippen LogP contribution is -2.14. The first kappa shape index (κ1) is 9.81. The third-order valence-electron chi connectivity index (χ3n) is 1.03. The van der Waals surface area contributed by atoms with Crippen molar-refractivity contribution >= 4 is 32.6 Å². The molecule has 0 atom stereocenters. The Labute approximate surface area is 82.2 Å². The second-order valence-corrected chi connectivity index (χ2v) is 4.75. The van der Waals surface area contributed by atoms with Gasteiger partial charge in [0, 0.05) is 9.64 Å². The van der Waals surface area contributed by atoms with Crippen molar-refractivity contribution in [3.05, 3.63) is 21.7 Å². The summed E-state index contributed by atoms with van der Waals surface area (Å²) in [5.74, 6) is -0.856. The number of sulfonamides is 1. The Kier molecular flexibility index (Phi) is 2.64. The van der Waals surface area contributed by atoms with Crippen LogP contribution in [0.25, 0.3) is 0 Å². The normalized spacial score (nSPS) is 11.6. The molecule has 66 valence electrons. The van der Waals surface area contributed by atoms with Crippen molar-refractivity contribution in [1.29, 1.82) is 0 Å². The van der Waals surface area contributed by atoms with Crippen LogP contribution in [-0.2, 0) is 10.0 Å². The van der Waals surface area contributed by atoms with Gasteiger partial charge in [-0.05, 0) is 28.7 Å². The number of halogens is 2. The third kappa shape index (κ3) is 2.35. The van der Waals surface area contributed by atoms with Gasteiger partial charge in [-0.3, -0.25) is 0 Å². The lowest BCUT2D eigenvalue weighted by Gasteiger charge is -1.97. The van der Waals surface area contributed by atoms with Crippen LogP contribution in [0.5, 0.6) is 0 Å². The summed E-state index contributed by atoms with van der Waals surface area (Å²) in [6, 6.07) is 2.30. The minimum absolute atomic E-state index is 0.434. The second kappa shape index (κ2) is 3.23. The van der Waals surface area contributed by atoms with Crippen LogP contribution >= 0.6 is 22.6 Å². The molecule has 0 saturated carbocycles. The maximum atomic E-state index is 12.5. The van der Waals surface area contributed by atoms with Gasteiger partial charge in [0.25, 0.3) is 10.0 Å². The standard InChI is InChI=1S/C5H4FIN2O2S/c6-4-1-3(7)2-5(9-4)12(8,10)11/h1-2H,(H2,8,10,11). The van der Waals surface area contributed by atoms with Gasteiger partial charge in [-0.25, -0.2) is 18.5 Å². The van der Waals surface area contributed by atoms with E-state index in [0.717, 1.165) is 6.07 Å². The zero-order valence-corrected chi connectivity index (χ0v) is 8.63. The molecule has 1 rings (SSSR count). The number of pyridine rings is 1. The van der Waals surface area contributed by atoms with Crippen LogP contribution in [0.15, 0.2) is 17.2 Å². The van der Waals surface area contributed by atoms with Gasteiger partial charge in [0.1, 0.15) is 0 Å². The van der Waals surface area contributed by atoms with E-state index < -0.39 is 21.0 Å². The van der Waals surface area contributed by atoms with Crippen LogP contribution in [0.2, 0.25) is 0 Å². The molecule has 0 amide bonds. The molecule has 0 fully saturated rings. The van der Waals surface area contributed by atoms with Crippen molar-refractivity contribution in [3.8, 4) is 0 Å². The summed E-state index contributed by atoms with van der Waals surface area (Å²) in [4.78, 5) is 3.12. The molecule has 1 heterocycles. The fourth-order valence-electron chi connectivity index (χ4n) is 0.589. The maximum Gasteiger partial charge on any atom is 0.255 e. The van der Waals surface area contributed by atoms with Crippen molar-refractivity contribution < 1.29 is 12.8 Å². The van der Waals surface area contributed by atoms with Crippen LogP contribution < -0.4 is 5.14 Å². The van der Waals surface area contributed by atoms with E-state index in [0.29, 0.717) is 3.57 Å². The van der Waals surface area contributed by atoms with Crippen LogP contribution in [0.1, 0.15) is 0 Å². The summed E-state index contributed by atoms with van der Waals surface area (Å²) in [6.45, 7) is 0.